The van der Waals surface area contributed by atoms with Crippen molar-refractivity contribution in [3.8, 4) is 22.6 Å². The van der Waals surface area contributed by atoms with E-state index in [0.717, 1.165) is 11.6 Å². The highest BCUT2D eigenvalue weighted by Crippen LogP contribution is 2.35. The zero-order valence-corrected chi connectivity index (χ0v) is 14.6. The SMILES string of the molecule is NC(=O)c1ccc(-c2ccccc2OCc2ccccc2)cc1OC(F)(F)F. The Morgan fingerprint density at radius 3 is 2.25 bits per heavy atom. The number of hydrogen-bond acceptors (Lipinski definition) is 3. The second kappa shape index (κ2) is 8.04. The van der Waals surface area contributed by atoms with Crippen LogP contribution in [0.3, 0.4) is 0 Å². The van der Waals surface area contributed by atoms with Gasteiger partial charge in [-0.2, -0.15) is 0 Å². The van der Waals surface area contributed by atoms with Gasteiger partial charge in [0.1, 0.15) is 18.1 Å². The van der Waals surface area contributed by atoms with Gasteiger partial charge in [-0.3, -0.25) is 4.79 Å². The Hall–Kier alpha value is -3.48. The first-order valence-electron chi connectivity index (χ1n) is 8.29. The molecule has 4 nitrogen and oxygen atoms in total. The van der Waals surface area contributed by atoms with E-state index < -0.39 is 18.0 Å². The molecule has 3 aromatic rings. The lowest BCUT2D eigenvalue weighted by atomic mass is 10.0. The van der Waals surface area contributed by atoms with Crippen LogP contribution in [-0.4, -0.2) is 12.3 Å². The quantitative estimate of drug-likeness (QED) is 0.652. The highest BCUT2D eigenvalue weighted by Gasteiger charge is 2.33. The summed E-state index contributed by atoms with van der Waals surface area (Å²) in [6, 6.07) is 20.2. The molecular weight excluding hydrogens is 371 g/mol. The van der Waals surface area contributed by atoms with Crippen molar-refractivity contribution in [1.29, 1.82) is 0 Å². The fourth-order valence-electron chi connectivity index (χ4n) is 2.67. The lowest BCUT2D eigenvalue weighted by Gasteiger charge is -2.15. The van der Waals surface area contributed by atoms with Crippen LogP contribution >= 0.6 is 0 Å². The molecule has 144 valence electrons. The number of carbonyl (C=O) groups excluding carboxylic acids is 1. The van der Waals surface area contributed by atoms with E-state index in [1.165, 1.54) is 12.1 Å². The minimum atomic E-state index is -4.95. The molecule has 0 unspecified atom stereocenters. The summed E-state index contributed by atoms with van der Waals surface area (Å²) in [5, 5.41) is 0. The van der Waals surface area contributed by atoms with Crippen molar-refractivity contribution in [2.24, 2.45) is 5.73 Å². The van der Waals surface area contributed by atoms with Crippen molar-refractivity contribution in [3.63, 3.8) is 0 Å². The summed E-state index contributed by atoms with van der Waals surface area (Å²) in [5.74, 6) is -1.19. The van der Waals surface area contributed by atoms with Gasteiger partial charge in [0.2, 0.25) is 0 Å². The normalized spacial score (nSPS) is 11.1. The Balaban J connectivity index is 1.95. The van der Waals surface area contributed by atoms with Crippen molar-refractivity contribution in [2.75, 3.05) is 0 Å². The van der Waals surface area contributed by atoms with Crippen molar-refractivity contribution < 1.29 is 27.4 Å². The number of primary amides is 1. The fourth-order valence-corrected chi connectivity index (χ4v) is 2.67. The molecule has 0 spiro atoms. The molecule has 2 N–H and O–H groups in total. The Bertz CT molecular complexity index is 972. The van der Waals surface area contributed by atoms with Crippen LogP contribution in [0.5, 0.6) is 11.5 Å². The molecular formula is C21H16F3NO3. The van der Waals surface area contributed by atoms with Crippen molar-refractivity contribution in [2.45, 2.75) is 13.0 Å². The summed E-state index contributed by atoms with van der Waals surface area (Å²) in [4.78, 5) is 11.4. The van der Waals surface area contributed by atoms with Gasteiger partial charge in [-0.15, -0.1) is 13.2 Å². The third kappa shape index (κ3) is 4.82. The average Bonchev–Trinajstić information content (AvgIpc) is 2.66. The highest BCUT2D eigenvalue weighted by molar-refractivity contribution is 5.96. The van der Waals surface area contributed by atoms with Gasteiger partial charge in [0.05, 0.1) is 5.56 Å². The highest BCUT2D eigenvalue weighted by atomic mass is 19.4. The molecule has 7 heteroatoms. The zero-order chi connectivity index (χ0) is 20.1. The van der Waals surface area contributed by atoms with E-state index in [-0.39, 0.29) is 5.56 Å². The van der Waals surface area contributed by atoms with E-state index in [4.69, 9.17) is 10.5 Å². The number of rotatable bonds is 6. The van der Waals surface area contributed by atoms with Crippen LogP contribution in [0, 0.1) is 0 Å². The molecule has 3 rings (SSSR count). The molecule has 0 fully saturated rings. The first-order valence-corrected chi connectivity index (χ1v) is 8.29. The molecule has 0 atom stereocenters. The van der Waals surface area contributed by atoms with Crippen LogP contribution in [0.4, 0.5) is 13.2 Å². The number of carbonyl (C=O) groups is 1. The maximum atomic E-state index is 12.7. The maximum absolute atomic E-state index is 12.7. The fraction of sp³-hybridized carbons (Fsp3) is 0.0952. The first-order chi connectivity index (χ1) is 13.3. The summed E-state index contributed by atoms with van der Waals surface area (Å²) in [6.45, 7) is 0.295. The first kappa shape index (κ1) is 19.3. The van der Waals surface area contributed by atoms with E-state index in [0.29, 0.717) is 23.5 Å². The Morgan fingerprint density at radius 1 is 0.893 bits per heavy atom. The third-order valence-electron chi connectivity index (χ3n) is 3.91. The predicted octanol–water partition coefficient (Wildman–Crippen LogP) is 4.93. The smallest absolute Gasteiger partial charge is 0.488 e. The molecule has 0 aliphatic carbocycles. The van der Waals surface area contributed by atoms with Gasteiger partial charge in [0.25, 0.3) is 5.91 Å². The zero-order valence-electron chi connectivity index (χ0n) is 14.6. The number of halogens is 3. The van der Waals surface area contributed by atoms with Crippen LogP contribution in [0.15, 0.2) is 72.8 Å². The summed E-state index contributed by atoms with van der Waals surface area (Å²) in [7, 11) is 0. The van der Waals surface area contributed by atoms with Gasteiger partial charge in [-0.05, 0) is 29.3 Å². The van der Waals surface area contributed by atoms with Crippen LogP contribution < -0.4 is 15.2 Å². The Morgan fingerprint density at radius 2 is 1.57 bits per heavy atom. The molecule has 0 bridgehead atoms. The monoisotopic (exact) mass is 387 g/mol. The molecule has 0 aliphatic rings. The average molecular weight is 387 g/mol. The third-order valence-corrected chi connectivity index (χ3v) is 3.91. The van der Waals surface area contributed by atoms with Gasteiger partial charge in [0.15, 0.2) is 0 Å². The molecule has 0 saturated carbocycles. The molecule has 0 saturated heterocycles. The minimum absolute atomic E-state index is 0.295. The van der Waals surface area contributed by atoms with E-state index >= 15 is 0 Å². The summed E-state index contributed by atoms with van der Waals surface area (Å²) < 4.78 is 47.9. The number of ether oxygens (including phenoxy) is 2. The predicted molar refractivity (Wildman–Crippen MR) is 97.9 cm³/mol. The number of hydrogen-bond donors (Lipinski definition) is 1. The Kier molecular flexibility index (Phi) is 5.54. The molecule has 0 radical (unpaired) electrons. The van der Waals surface area contributed by atoms with Gasteiger partial charge in [-0.1, -0.05) is 54.6 Å². The molecule has 1 amide bonds. The molecule has 3 aromatic carbocycles. The van der Waals surface area contributed by atoms with Gasteiger partial charge < -0.3 is 15.2 Å². The van der Waals surface area contributed by atoms with Crippen molar-refractivity contribution in [3.05, 3.63) is 83.9 Å². The van der Waals surface area contributed by atoms with E-state index in [2.05, 4.69) is 4.74 Å². The molecule has 0 heterocycles. The van der Waals surface area contributed by atoms with Crippen LogP contribution in [0.2, 0.25) is 0 Å². The van der Waals surface area contributed by atoms with Crippen LogP contribution in [0.25, 0.3) is 11.1 Å². The standard InChI is InChI=1S/C21H16F3NO3/c22-21(23,24)28-19-12-15(10-11-17(19)20(25)26)16-8-4-5-9-18(16)27-13-14-6-2-1-3-7-14/h1-12H,13H2,(H2,25,26). The summed E-state index contributed by atoms with van der Waals surface area (Å²) in [6.07, 6.45) is -4.95. The van der Waals surface area contributed by atoms with E-state index in [1.54, 1.807) is 24.3 Å². The number of nitrogens with two attached hydrogens (primary N) is 1. The van der Waals surface area contributed by atoms with Gasteiger partial charge >= 0.3 is 6.36 Å². The number of benzene rings is 3. The summed E-state index contributed by atoms with van der Waals surface area (Å²) >= 11 is 0. The number of para-hydroxylation sites is 1. The minimum Gasteiger partial charge on any atom is -0.488 e. The van der Waals surface area contributed by atoms with Crippen molar-refractivity contribution >= 4 is 5.91 Å². The largest absolute Gasteiger partial charge is 0.573 e. The van der Waals surface area contributed by atoms with E-state index in [9.17, 15) is 18.0 Å². The van der Waals surface area contributed by atoms with E-state index in [1.807, 2.05) is 30.3 Å². The Labute approximate surface area is 159 Å². The second-order valence-corrected chi connectivity index (χ2v) is 5.89. The lowest BCUT2D eigenvalue weighted by molar-refractivity contribution is -0.274. The van der Waals surface area contributed by atoms with Crippen molar-refractivity contribution in [1.82, 2.24) is 0 Å². The van der Waals surface area contributed by atoms with Gasteiger partial charge in [-0.25, -0.2) is 0 Å². The molecule has 0 aliphatic heterocycles. The maximum Gasteiger partial charge on any atom is 0.573 e. The lowest BCUT2D eigenvalue weighted by Crippen LogP contribution is -2.21. The number of amides is 1. The molecule has 0 aromatic heterocycles. The second-order valence-electron chi connectivity index (χ2n) is 5.89. The topological polar surface area (TPSA) is 61.6 Å². The number of alkyl halides is 3. The van der Waals surface area contributed by atoms with Crippen LogP contribution in [-0.2, 0) is 6.61 Å². The summed E-state index contributed by atoms with van der Waals surface area (Å²) in [5.41, 5.74) is 6.70. The van der Waals surface area contributed by atoms with Gasteiger partial charge in [0, 0.05) is 5.56 Å². The van der Waals surface area contributed by atoms with Crippen LogP contribution in [0.1, 0.15) is 15.9 Å². The molecule has 28 heavy (non-hydrogen) atoms.